The molecule has 0 N–H and O–H groups in total. The van der Waals surface area contributed by atoms with Gasteiger partial charge in [-0.15, -0.1) is 0 Å². The average molecular weight is 947 g/mol. The molecule has 0 saturated carbocycles. The topological polar surface area (TPSA) is 24.9 Å². The van der Waals surface area contributed by atoms with Gasteiger partial charge in [-0.2, -0.15) is 0 Å². The first-order valence-electron chi connectivity index (χ1n) is 25.5. The monoisotopic (exact) mass is 946 g/mol. The van der Waals surface area contributed by atoms with Crippen LogP contribution in [0.2, 0.25) is 0 Å². The fraction of sp³-hybridized carbons (Fsp3) is 0.0286. The molecule has 15 rings (SSSR count). The van der Waals surface area contributed by atoms with Crippen molar-refractivity contribution in [2.24, 2.45) is 0 Å². The van der Waals surface area contributed by atoms with Gasteiger partial charge in [0.1, 0.15) is 5.76 Å². The van der Waals surface area contributed by atoms with Crippen molar-refractivity contribution in [3.63, 3.8) is 0 Å². The Bertz CT molecular complexity index is 4300. The molecule has 0 radical (unpaired) electrons. The third-order valence-corrected chi connectivity index (χ3v) is 15.3. The molecule has 1 aliphatic carbocycles. The number of para-hydroxylation sites is 6. The maximum absolute atomic E-state index is 6.63. The fourth-order valence-corrected chi connectivity index (χ4v) is 12.1. The molecule has 348 valence electrons. The van der Waals surface area contributed by atoms with Crippen molar-refractivity contribution in [1.29, 1.82) is 0 Å². The number of nitrogens with zero attached hydrogens (tertiary/aromatic N) is 2. The summed E-state index contributed by atoms with van der Waals surface area (Å²) in [6.45, 7) is 0. The van der Waals surface area contributed by atoms with Gasteiger partial charge < -0.3 is 19.3 Å². The van der Waals surface area contributed by atoms with E-state index in [0.717, 1.165) is 85.8 Å². The molecule has 3 aliphatic rings. The Kier molecular flexibility index (Phi) is 9.67. The Labute approximate surface area is 429 Å². The molecule has 0 amide bonds. The lowest BCUT2D eigenvalue weighted by Gasteiger charge is -2.36. The van der Waals surface area contributed by atoms with E-state index in [1.165, 1.54) is 71.7 Å². The van der Waals surface area contributed by atoms with Gasteiger partial charge in [0.25, 0.3) is 0 Å². The first-order valence-corrected chi connectivity index (χ1v) is 25.5. The van der Waals surface area contributed by atoms with Gasteiger partial charge >= 0.3 is 0 Å². The van der Waals surface area contributed by atoms with Crippen molar-refractivity contribution in [2.75, 3.05) is 9.80 Å². The SMILES string of the molecule is C1=CC2=C(CC1)N(c1ccc3c(-c4ccccc4-c4cccc5ccccc45)c4cc(N5c6ccccc6Oc6ccccc65)ccc4c(-c4ccccc4-c4cccc5ccccc45)c3c1)c1ccccc1O2. The van der Waals surface area contributed by atoms with E-state index < -0.39 is 0 Å². The molecule has 2 aliphatic heterocycles. The van der Waals surface area contributed by atoms with E-state index in [1.807, 2.05) is 12.1 Å². The van der Waals surface area contributed by atoms with Crippen LogP contribution in [0, 0.1) is 0 Å². The zero-order valence-corrected chi connectivity index (χ0v) is 40.4. The number of anilines is 5. The van der Waals surface area contributed by atoms with E-state index in [-0.39, 0.29) is 0 Å². The predicted molar refractivity (Wildman–Crippen MR) is 308 cm³/mol. The van der Waals surface area contributed by atoms with Crippen LogP contribution in [0.5, 0.6) is 17.2 Å². The summed E-state index contributed by atoms with van der Waals surface area (Å²) in [5, 5.41) is 9.50. The van der Waals surface area contributed by atoms with E-state index in [2.05, 4.69) is 252 Å². The number of hydrogen-bond donors (Lipinski definition) is 0. The van der Waals surface area contributed by atoms with Crippen LogP contribution in [-0.4, -0.2) is 0 Å². The molecule has 12 aromatic carbocycles. The lowest BCUT2D eigenvalue weighted by molar-refractivity contribution is 0.421. The maximum Gasteiger partial charge on any atom is 0.151 e. The summed E-state index contributed by atoms with van der Waals surface area (Å²) in [5.41, 5.74) is 15.8. The highest BCUT2D eigenvalue weighted by atomic mass is 16.5. The summed E-state index contributed by atoms with van der Waals surface area (Å²) >= 11 is 0. The van der Waals surface area contributed by atoms with E-state index >= 15 is 0 Å². The predicted octanol–water partition coefficient (Wildman–Crippen LogP) is 19.6. The largest absolute Gasteiger partial charge is 0.453 e. The minimum Gasteiger partial charge on any atom is -0.453 e. The van der Waals surface area contributed by atoms with Gasteiger partial charge in [0.2, 0.25) is 0 Å². The van der Waals surface area contributed by atoms with E-state index in [0.29, 0.717) is 0 Å². The van der Waals surface area contributed by atoms with Crippen molar-refractivity contribution >= 4 is 71.5 Å². The minimum atomic E-state index is 0.819. The highest BCUT2D eigenvalue weighted by Crippen LogP contribution is 2.55. The molecule has 0 spiro atoms. The summed E-state index contributed by atoms with van der Waals surface area (Å²) in [5.74, 6) is 3.39. The molecule has 12 aromatic rings. The summed E-state index contributed by atoms with van der Waals surface area (Å²) < 4.78 is 13.2. The van der Waals surface area contributed by atoms with E-state index in [4.69, 9.17) is 9.47 Å². The van der Waals surface area contributed by atoms with Crippen LogP contribution < -0.4 is 19.3 Å². The number of fused-ring (bicyclic) bond motifs is 7. The lowest BCUT2D eigenvalue weighted by Crippen LogP contribution is -2.25. The van der Waals surface area contributed by atoms with Crippen LogP contribution in [0.3, 0.4) is 0 Å². The second kappa shape index (κ2) is 17.0. The van der Waals surface area contributed by atoms with Crippen molar-refractivity contribution in [1.82, 2.24) is 0 Å². The first-order chi connectivity index (χ1) is 36.7. The van der Waals surface area contributed by atoms with Gasteiger partial charge in [-0.3, -0.25) is 0 Å². The summed E-state index contributed by atoms with van der Waals surface area (Å²) in [6.07, 6.45) is 6.18. The van der Waals surface area contributed by atoms with Gasteiger partial charge in [-0.1, -0.05) is 188 Å². The Morgan fingerprint density at radius 3 is 1.28 bits per heavy atom. The van der Waals surface area contributed by atoms with Crippen LogP contribution in [-0.2, 0) is 0 Å². The molecule has 0 atom stereocenters. The van der Waals surface area contributed by atoms with Gasteiger partial charge in [0.15, 0.2) is 17.2 Å². The summed E-state index contributed by atoms with van der Waals surface area (Å²) in [6, 6.07) is 88.5. The number of allylic oxidation sites excluding steroid dienone is 3. The van der Waals surface area contributed by atoms with Crippen molar-refractivity contribution in [3.8, 4) is 61.8 Å². The molecular weight excluding hydrogens is 901 g/mol. The molecule has 0 bridgehead atoms. The average Bonchev–Trinajstić information content (AvgIpc) is 3.47. The molecular formula is C70H46N2O2. The zero-order valence-electron chi connectivity index (χ0n) is 40.4. The number of ether oxygens (including phenoxy) is 2. The Hall–Kier alpha value is -9.64. The van der Waals surface area contributed by atoms with Crippen LogP contribution in [0.1, 0.15) is 12.8 Å². The van der Waals surface area contributed by atoms with E-state index in [1.54, 1.807) is 0 Å². The van der Waals surface area contributed by atoms with Crippen molar-refractivity contribution < 1.29 is 9.47 Å². The van der Waals surface area contributed by atoms with Crippen LogP contribution in [0.15, 0.2) is 266 Å². The second-order valence-electron chi connectivity index (χ2n) is 19.4. The maximum atomic E-state index is 6.63. The van der Waals surface area contributed by atoms with Crippen LogP contribution in [0.25, 0.3) is 87.6 Å². The van der Waals surface area contributed by atoms with Gasteiger partial charge in [0.05, 0.1) is 22.8 Å². The van der Waals surface area contributed by atoms with Crippen LogP contribution in [0.4, 0.5) is 28.4 Å². The molecule has 0 saturated heterocycles. The molecule has 0 fully saturated rings. The highest BCUT2D eigenvalue weighted by molar-refractivity contribution is 6.25. The standard InChI is InChI=1S/C70H46N2O2/c1-3-23-49-45(19-1)21-17-29-51(49)53-25-5-7-27-55(53)69-57-41-39-48(72-63-33-11-15-37-67(63)74-68-38-16-12-34-64(68)72)44-60(57)70(56-28-8-6-26-54(56)52-30-18-22-46-20-2-4-24-50(46)52)58-42-40-47(43-59(58)69)71-61-31-9-13-35-65(61)73-66-36-14-10-32-62(66)71/h1-11,13-33,35-44H,12,34H2. The molecule has 4 heteroatoms. The normalized spacial score (nSPS) is 13.6. The Morgan fingerprint density at radius 1 is 0.311 bits per heavy atom. The highest BCUT2D eigenvalue weighted by Gasteiger charge is 2.31. The third-order valence-electron chi connectivity index (χ3n) is 15.3. The first kappa shape index (κ1) is 42.1. The quantitative estimate of drug-likeness (QED) is 0.155. The summed E-state index contributed by atoms with van der Waals surface area (Å²) in [7, 11) is 0. The molecule has 0 aromatic heterocycles. The Morgan fingerprint density at radius 2 is 0.730 bits per heavy atom. The second-order valence-corrected chi connectivity index (χ2v) is 19.4. The van der Waals surface area contributed by atoms with Gasteiger partial charge in [-0.05, 0) is 167 Å². The van der Waals surface area contributed by atoms with Crippen molar-refractivity contribution in [2.45, 2.75) is 12.8 Å². The van der Waals surface area contributed by atoms with Gasteiger partial charge in [-0.25, -0.2) is 0 Å². The van der Waals surface area contributed by atoms with Crippen LogP contribution >= 0.6 is 0 Å². The number of benzene rings is 12. The molecule has 74 heavy (non-hydrogen) atoms. The number of rotatable bonds is 6. The zero-order chi connectivity index (χ0) is 48.7. The molecule has 4 nitrogen and oxygen atoms in total. The van der Waals surface area contributed by atoms with E-state index in [9.17, 15) is 0 Å². The number of hydrogen-bond acceptors (Lipinski definition) is 4. The summed E-state index contributed by atoms with van der Waals surface area (Å²) in [4.78, 5) is 4.81. The Balaban J connectivity index is 1.10. The fourth-order valence-electron chi connectivity index (χ4n) is 12.1. The smallest absolute Gasteiger partial charge is 0.151 e. The van der Waals surface area contributed by atoms with Crippen molar-refractivity contribution in [3.05, 3.63) is 266 Å². The lowest BCUT2D eigenvalue weighted by atomic mass is 9.81. The minimum absolute atomic E-state index is 0.819. The molecule has 0 unspecified atom stereocenters. The molecule has 2 heterocycles. The van der Waals surface area contributed by atoms with Gasteiger partial charge in [0, 0.05) is 11.4 Å². The third kappa shape index (κ3) is 6.62.